The number of hydrogen-bond acceptors (Lipinski definition) is 5. The molecule has 10 heteroatoms. The lowest BCUT2D eigenvalue weighted by Gasteiger charge is -2.11. The SMILES string of the molecule is CN=C(NCCC(=O)Nc1ccc(C)cn1)NCc1nnc2ccccn12.I. The lowest BCUT2D eigenvalue weighted by molar-refractivity contribution is -0.116. The topological polar surface area (TPSA) is 109 Å². The van der Waals surface area contributed by atoms with Crippen LogP contribution in [-0.2, 0) is 11.3 Å². The van der Waals surface area contributed by atoms with Crippen molar-refractivity contribution < 1.29 is 4.79 Å². The van der Waals surface area contributed by atoms with Crippen molar-refractivity contribution in [2.75, 3.05) is 18.9 Å². The number of amides is 1. The Hall–Kier alpha value is -2.76. The molecular formula is C18H23IN8O. The fourth-order valence-electron chi connectivity index (χ4n) is 2.44. The summed E-state index contributed by atoms with van der Waals surface area (Å²) in [7, 11) is 1.67. The third-order valence-electron chi connectivity index (χ3n) is 3.85. The zero-order chi connectivity index (χ0) is 19.1. The van der Waals surface area contributed by atoms with Crippen LogP contribution in [0.1, 0.15) is 17.8 Å². The molecule has 3 N–H and O–H groups in total. The van der Waals surface area contributed by atoms with Gasteiger partial charge in [-0.1, -0.05) is 12.1 Å². The highest BCUT2D eigenvalue weighted by Crippen LogP contribution is 2.04. The average molecular weight is 494 g/mol. The predicted molar refractivity (Wildman–Crippen MR) is 119 cm³/mol. The smallest absolute Gasteiger partial charge is 0.227 e. The molecule has 0 aromatic carbocycles. The Morgan fingerprint density at radius 2 is 2.04 bits per heavy atom. The van der Waals surface area contributed by atoms with Crippen LogP contribution in [0, 0.1) is 6.92 Å². The van der Waals surface area contributed by atoms with Crippen LogP contribution in [0.5, 0.6) is 0 Å². The van der Waals surface area contributed by atoms with Gasteiger partial charge in [0, 0.05) is 32.4 Å². The molecule has 28 heavy (non-hydrogen) atoms. The van der Waals surface area contributed by atoms with Crippen molar-refractivity contribution in [1.29, 1.82) is 0 Å². The second-order valence-electron chi connectivity index (χ2n) is 5.92. The lowest BCUT2D eigenvalue weighted by atomic mass is 10.3. The van der Waals surface area contributed by atoms with Gasteiger partial charge in [0.25, 0.3) is 0 Å². The molecule has 9 nitrogen and oxygen atoms in total. The van der Waals surface area contributed by atoms with E-state index in [2.05, 4.69) is 36.1 Å². The van der Waals surface area contributed by atoms with Gasteiger partial charge in [0.15, 0.2) is 17.4 Å². The number of rotatable bonds is 6. The van der Waals surface area contributed by atoms with Gasteiger partial charge in [0.05, 0.1) is 6.54 Å². The van der Waals surface area contributed by atoms with Crippen LogP contribution >= 0.6 is 24.0 Å². The number of carbonyl (C=O) groups excluding carboxylic acids is 1. The number of aliphatic imine (C=N–C) groups is 1. The summed E-state index contributed by atoms with van der Waals surface area (Å²) in [6, 6.07) is 9.42. The minimum atomic E-state index is -0.113. The fourth-order valence-corrected chi connectivity index (χ4v) is 2.44. The Morgan fingerprint density at radius 1 is 1.18 bits per heavy atom. The Labute approximate surface area is 180 Å². The van der Waals surface area contributed by atoms with Crippen molar-refractivity contribution in [2.24, 2.45) is 4.99 Å². The monoisotopic (exact) mass is 494 g/mol. The minimum Gasteiger partial charge on any atom is -0.356 e. The highest BCUT2D eigenvalue weighted by molar-refractivity contribution is 14.0. The number of aromatic nitrogens is 4. The van der Waals surface area contributed by atoms with E-state index in [9.17, 15) is 4.79 Å². The van der Waals surface area contributed by atoms with Crippen LogP contribution in [0.4, 0.5) is 5.82 Å². The molecule has 0 spiro atoms. The van der Waals surface area contributed by atoms with Crippen molar-refractivity contribution >= 4 is 47.3 Å². The number of anilines is 1. The molecule has 0 aliphatic carbocycles. The van der Waals surface area contributed by atoms with Crippen LogP contribution in [0.25, 0.3) is 5.65 Å². The first-order chi connectivity index (χ1) is 13.2. The first-order valence-corrected chi connectivity index (χ1v) is 8.61. The van der Waals surface area contributed by atoms with Gasteiger partial charge in [-0.15, -0.1) is 34.2 Å². The Balaban J connectivity index is 0.00000280. The molecule has 0 radical (unpaired) electrons. The van der Waals surface area contributed by atoms with Gasteiger partial charge in [-0.2, -0.15) is 0 Å². The largest absolute Gasteiger partial charge is 0.356 e. The van der Waals surface area contributed by atoms with Crippen LogP contribution < -0.4 is 16.0 Å². The summed E-state index contributed by atoms with van der Waals surface area (Å²) in [5.74, 6) is 1.80. The van der Waals surface area contributed by atoms with Gasteiger partial charge in [-0.05, 0) is 30.7 Å². The van der Waals surface area contributed by atoms with Gasteiger partial charge in [-0.25, -0.2) is 4.98 Å². The standard InChI is InChI=1S/C18H22N8O.HI/c1-13-6-7-14(21-11-13)23-17(27)8-9-20-18(19-2)22-12-16-25-24-15-5-3-4-10-26(15)16;/h3-7,10-11H,8-9,12H2,1-2H3,(H2,19,20,22)(H,21,23,27);1H. The van der Waals surface area contributed by atoms with Crippen molar-refractivity contribution in [3.05, 3.63) is 54.1 Å². The summed E-state index contributed by atoms with van der Waals surface area (Å²) in [6.45, 7) is 2.85. The number of guanidine groups is 1. The maximum Gasteiger partial charge on any atom is 0.227 e. The van der Waals surface area contributed by atoms with E-state index in [0.29, 0.717) is 31.3 Å². The van der Waals surface area contributed by atoms with Gasteiger partial charge in [0.1, 0.15) is 5.82 Å². The zero-order valence-electron chi connectivity index (χ0n) is 15.7. The van der Waals surface area contributed by atoms with Gasteiger partial charge >= 0.3 is 0 Å². The number of fused-ring (bicyclic) bond motifs is 1. The second-order valence-corrected chi connectivity index (χ2v) is 5.92. The van der Waals surface area contributed by atoms with Crippen molar-refractivity contribution in [1.82, 2.24) is 30.2 Å². The molecule has 0 atom stereocenters. The number of hydrogen-bond donors (Lipinski definition) is 3. The van der Waals surface area contributed by atoms with Crippen LogP contribution in [0.3, 0.4) is 0 Å². The molecule has 0 fully saturated rings. The van der Waals surface area contributed by atoms with E-state index in [1.165, 1.54) is 0 Å². The number of aryl methyl sites for hydroxylation is 1. The minimum absolute atomic E-state index is 0. The molecule has 0 aliphatic heterocycles. The zero-order valence-corrected chi connectivity index (χ0v) is 18.0. The molecule has 0 saturated heterocycles. The maximum atomic E-state index is 12.0. The third kappa shape index (κ3) is 5.87. The summed E-state index contributed by atoms with van der Waals surface area (Å²) in [4.78, 5) is 20.3. The van der Waals surface area contributed by atoms with Gasteiger partial charge in [-0.3, -0.25) is 14.2 Å². The molecule has 3 aromatic rings. The number of halogens is 1. The molecule has 148 valence electrons. The number of pyridine rings is 2. The lowest BCUT2D eigenvalue weighted by Crippen LogP contribution is -2.38. The molecule has 3 heterocycles. The van der Waals surface area contributed by atoms with Crippen LogP contribution in [0.2, 0.25) is 0 Å². The summed E-state index contributed by atoms with van der Waals surface area (Å²) in [5.41, 5.74) is 1.84. The van der Waals surface area contributed by atoms with Crippen LogP contribution in [0.15, 0.2) is 47.7 Å². The van der Waals surface area contributed by atoms with E-state index < -0.39 is 0 Å². The maximum absolute atomic E-state index is 12.0. The Bertz CT molecular complexity index is 938. The van der Waals surface area contributed by atoms with E-state index in [4.69, 9.17) is 0 Å². The Kier molecular flexibility index (Phi) is 8.11. The normalized spacial score (nSPS) is 11.0. The van der Waals surface area contributed by atoms with Crippen LogP contribution in [-0.4, -0.2) is 45.0 Å². The molecule has 3 rings (SSSR count). The highest BCUT2D eigenvalue weighted by Gasteiger charge is 2.07. The van der Waals surface area contributed by atoms with E-state index >= 15 is 0 Å². The molecule has 0 bridgehead atoms. The number of nitrogens with one attached hydrogen (secondary N) is 3. The van der Waals surface area contributed by atoms with Gasteiger partial charge in [0.2, 0.25) is 5.91 Å². The van der Waals surface area contributed by atoms with E-state index in [-0.39, 0.29) is 29.9 Å². The molecule has 0 saturated carbocycles. The van der Waals surface area contributed by atoms with Crippen molar-refractivity contribution in [3.63, 3.8) is 0 Å². The Morgan fingerprint density at radius 3 is 2.79 bits per heavy atom. The highest BCUT2D eigenvalue weighted by atomic mass is 127. The predicted octanol–water partition coefficient (Wildman–Crippen LogP) is 1.74. The molecule has 1 amide bonds. The average Bonchev–Trinajstić information content (AvgIpc) is 3.09. The van der Waals surface area contributed by atoms with E-state index in [1.807, 2.05) is 41.8 Å². The first-order valence-electron chi connectivity index (χ1n) is 8.61. The molecule has 3 aromatic heterocycles. The van der Waals surface area contributed by atoms with Crippen molar-refractivity contribution in [2.45, 2.75) is 19.9 Å². The number of carbonyl (C=O) groups is 1. The molecule has 0 aliphatic rings. The fraction of sp³-hybridized carbons (Fsp3) is 0.278. The summed E-state index contributed by atoms with van der Waals surface area (Å²) in [6.07, 6.45) is 3.92. The van der Waals surface area contributed by atoms with Crippen molar-refractivity contribution in [3.8, 4) is 0 Å². The molecular weight excluding hydrogens is 471 g/mol. The second kappa shape index (κ2) is 10.5. The third-order valence-corrected chi connectivity index (χ3v) is 3.85. The van der Waals surface area contributed by atoms with Gasteiger partial charge < -0.3 is 16.0 Å². The number of nitrogens with zero attached hydrogens (tertiary/aromatic N) is 5. The first kappa shape index (κ1) is 21.5. The summed E-state index contributed by atoms with van der Waals surface area (Å²) >= 11 is 0. The van der Waals surface area contributed by atoms with E-state index in [0.717, 1.165) is 17.0 Å². The quantitative estimate of drug-likeness (QED) is 0.274. The summed E-state index contributed by atoms with van der Waals surface area (Å²) < 4.78 is 1.91. The van der Waals surface area contributed by atoms with E-state index in [1.54, 1.807) is 19.3 Å². The summed E-state index contributed by atoms with van der Waals surface area (Å²) in [5, 5.41) is 17.3. The molecule has 0 unspecified atom stereocenters.